The van der Waals surface area contributed by atoms with E-state index in [1.807, 2.05) is 44.4 Å². The topological polar surface area (TPSA) is 42.1 Å². The zero-order chi connectivity index (χ0) is 13.1. The molecule has 94 valence electrons. The lowest BCUT2D eigenvalue weighted by Crippen LogP contribution is -2.14. The summed E-state index contributed by atoms with van der Waals surface area (Å²) in [5.74, 6) is 0.916. The molecule has 0 saturated carbocycles. The van der Waals surface area contributed by atoms with Crippen LogP contribution in [0, 0.1) is 6.92 Å². The SMILES string of the molecule is Cc1ccccc1N(C)c1cc([C@@H](C)N)ccn1. The van der Waals surface area contributed by atoms with E-state index in [0.29, 0.717) is 0 Å². The molecule has 1 aromatic heterocycles. The standard InChI is InChI=1S/C15H19N3/c1-11-6-4-5-7-14(11)18(3)15-10-13(12(2)16)8-9-17-15/h4-10,12H,16H2,1-3H3/t12-/m1/s1. The fourth-order valence-electron chi connectivity index (χ4n) is 1.96. The summed E-state index contributed by atoms with van der Waals surface area (Å²) in [5.41, 5.74) is 9.39. The third-order valence-electron chi connectivity index (χ3n) is 3.12. The van der Waals surface area contributed by atoms with Crippen LogP contribution in [0.2, 0.25) is 0 Å². The van der Waals surface area contributed by atoms with Gasteiger partial charge in [0, 0.05) is 25.0 Å². The lowest BCUT2D eigenvalue weighted by molar-refractivity contribution is 0.814. The Bertz CT molecular complexity index is 535. The van der Waals surface area contributed by atoms with Crippen molar-refractivity contribution in [3.8, 4) is 0 Å². The number of pyridine rings is 1. The molecule has 3 heteroatoms. The van der Waals surface area contributed by atoms with Crippen molar-refractivity contribution >= 4 is 11.5 Å². The molecule has 3 nitrogen and oxygen atoms in total. The molecule has 18 heavy (non-hydrogen) atoms. The Morgan fingerprint density at radius 3 is 2.61 bits per heavy atom. The molecule has 2 N–H and O–H groups in total. The first-order valence-corrected chi connectivity index (χ1v) is 6.10. The van der Waals surface area contributed by atoms with Gasteiger partial charge in [-0.05, 0) is 43.2 Å². The Balaban J connectivity index is 2.37. The zero-order valence-corrected chi connectivity index (χ0v) is 11.1. The molecule has 0 amide bonds. The maximum absolute atomic E-state index is 5.91. The summed E-state index contributed by atoms with van der Waals surface area (Å²) in [6, 6.07) is 12.3. The van der Waals surface area contributed by atoms with E-state index in [-0.39, 0.29) is 6.04 Å². The van der Waals surface area contributed by atoms with Crippen molar-refractivity contribution in [3.63, 3.8) is 0 Å². The molecule has 0 aliphatic heterocycles. The minimum absolute atomic E-state index is 0.0250. The second-order valence-corrected chi connectivity index (χ2v) is 4.58. The van der Waals surface area contributed by atoms with Crippen LogP contribution in [-0.2, 0) is 0 Å². The minimum atomic E-state index is 0.0250. The third-order valence-corrected chi connectivity index (χ3v) is 3.12. The van der Waals surface area contributed by atoms with Crippen LogP contribution in [0.4, 0.5) is 11.5 Å². The summed E-state index contributed by atoms with van der Waals surface area (Å²) in [4.78, 5) is 6.49. The van der Waals surface area contributed by atoms with E-state index in [4.69, 9.17) is 5.73 Å². The lowest BCUT2D eigenvalue weighted by atomic mass is 10.1. The molecule has 0 saturated heterocycles. The quantitative estimate of drug-likeness (QED) is 0.897. The number of benzene rings is 1. The average Bonchev–Trinajstić information content (AvgIpc) is 2.38. The normalized spacial score (nSPS) is 12.2. The molecule has 0 bridgehead atoms. The smallest absolute Gasteiger partial charge is 0.132 e. The van der Waals surface area contributed by atoms with Crippen LogP contribution in [0.3, 0.4) is 0 Å². The van der Waals surface area contributed by atoms with Gasteiger partial charge in [0.15, 0.2) is 0 Å². The van der Waals surface area contributed by atoms with Crippen LogP contribution in [-0.4, -0.2) is 12.0 Å². The molecule has 0 aliphatic rings. The number of hydrogen-bond donors (Lipinski definition) is 1. The highest BCUT2D eigenvalue weighted by atomic mass is 15.2. The predicted octanol–water partition coefficient (Wildman–Crippen LogP) is 3.18. The van der Waals surface area contributed by atoms with E-state index >= 15 is 0 Å². The van der Waals surface area contributed by atoms with Crippen molar-refractivity contribution in [2.24, 2.45) is 5.73 Å². The van der Waals surface area contributed by atoms with Crippen molar-refractivity contribution in [1.29, 1.82) is 0 Å². The summed E-state index contributed by atoms with van der Waals surface area (Å²) in [6.45, 7) is 4.08. The highest BCUT2D eigenvalue weighted by molar-refractivity contribution is 5.63. The van der Waals surface area contributed by atoms with Gasteiger partial charge >= 0.3 is 0 Å². The Morgan fingerprint density at radius 1 is 1.22 bits per heavy atom. The predicted molar refractivity (Wildman–Crippen MR) is 76.1 cm³/mol. The highest BCUT2D eigenvalue weighted by Crippen LogP contribution is 2.26. The van der Waals surface area contributed by atoms with Crippen molar-refractivity contribution < 1.29 is 0 Å². The Morgan fingerprint density at radius 2 is 1.94 bits per heavy atom. The number of nitrogens with two attached hydrogens (primary N) is 1. The molecule has 0 radical (unpaired) electrons. The number of anilines is 2. The van der Waals surface area contributed by atoms with Crippen molar-refractivity contribution in [2.45, 2.75) is 19.9 Å². The molecule has 0 spiro atoms. The van der Waals surface area contributed by atoms with Gasteiger partial charge in [0.1, 0.15) is 5.82 Å². The lowest BCUT2D eigenvalue weighted by Gasteiger charge is -2.21. The number of para-hydroxylation sites is 1. The average molecular weight is 241 g/mol. The van der Waals surface area contributed by atoms with E-state index in [1.54, 1.807) is 0 Å². The van der Waals surface area contributed by atoms with E-state index in [9.17, 15) is 0 Å². The number of nitrogens with zero attached hydrogens (tertiary/aromatic N) is 2. The summed E-state index contributed by atoms with van der Waals surface area (Å²) in [5, 5.41) is 0. The summed E-state index contributed by atoms with van der Waals surface area (Å²) in [6.07, 6.45) is 1.81. The molecule has 1 atom stereocenters. The Hall–Kier alpha value is -1.87. The summed E-state index contributed by atoms with van der Waals surface area (Å²) in [7, 11) is 2.02. The Labute approximate surface area is 108 Å². The van der Waals surface area contributed by atoms with Crippen molar-refractivity contribution in [3.05, 3.63) is 53.7 Å². The van der Waals surface area contributed by atoms with Gasteiger partial charge in [-0.25, -0.2) is 4.98 Å². The van der Waals surface area contributed by atoms with Gasteiger partial charge < -0.3 is 10.6 Å². The van der Waals surface area contributed by atoms with Gasteiger partial charge in [-0.3, -0.25) is 0 Å². The number of hydrogen-bond acceptors (Lipinski definition) is 3. The van der Waals surface area contributed by atoms with Crippen LogP contribution in [0.5, 0.6) is 0 Å². The maximum Gasteiger partial charge on any atom is 0.132 e. The highest BCUT2D eigenvalue weighted by Gasteiger charge is 2.09. The van der Waals surface area contributed by atoms with Crippen LogP contribution < -0.4 is 10.6 Å². The molecule has 1 aromatic carbocycles. The second kappa shape index (κ2) is 5.19. The fourth-order valence-corrected chi connectivity index (χ4v) is 1.96. The van der Waals surface area contributed by atoms with E-state index in [1.165, 1.54) is 5.56 Å². The van der Waals surface area contributed by atoms with E-state index in [2.05, 4.69) is 28.9 Å². The number of aromatic nitrogens is 1. The molecular formula is C15H19N3. The van der Waals surface area contributed by atoms with Gasteiger partial charge in [0.05, 0.1) is 0 Å². The molecule has 0 fully saturated rings. The first kappa shape index (κ1) is 12.6. The summed E-state index contributed by atoms with van der Waals surface area (Å²) < 4.78 is 0. The molecule has 0 unspecified atom stereocenters. The zero-order valence-electron chi connectivity index (χ0n) is 11.1. The van der Waals surface area contributed by atoms with Gasteiger partial charge in [0.25, 0.3) is 0 Å². The van der Waals surface area contributed by atoms with Crippen LogP contribution in [0.25, 0.3) is 0 Å². The van der Waals surface area contributed by atoms with E-state index in [0.717, 1.165) is 17.1 Å². The number of rotatable bonds is 3. The first-order valence-electron chi connectivity index (χ1n) is 6.10. The van der Waals surface area contributed by atoms with Crippen molar-refractivity contribution in [2.75, 3.05) is 11.9 Å². The molecule has 2 rings (SSSR count). The van der Waals surface area contributed by atoms with Gasteiger partial charge in [-0.15, -0.1) is 0 Å². The number of aryl methyl sites for hydroxylation is 1. The molecule has 1 heterocycles. The van der Waals surface area contributed by atoms with Crippen LogP contribution in [0.1, 0.15) is 24.1 Å². The monoisotopic (exact) mass is 241 g/mol. The van der Waals surface area contributed by atoms with Gasteiger partial charge in [-0.2, -0.15) is 0 Å². The van der Waals surface area contributed by atoms with Crippen molar-refractivity contribution in [1.82, 2.24) is 4.98 Å². The second-order valence-electron chi connectivity index (χ2n) is 4.58. The largest absolute Gasteiger partial charge is 0.329 e. The van der Waals surface area contributed by atoms with Gasteiger partial charge in [-0.1, -0.05) is 18.2 Å². The van der Waals surface area contributed by atoms with E-state index < -0.39 is 0 Å². The van der Waals surface area contributed by atoms with Gasteiger partial charge in [0.2, 0.25) is 0 Å². The molecular weight excluding hydrogens is 222 g/mol. The first-order chi connectivity index (χ1) is 8.59. The molecule has 0 aliphatic carbocycles. The minimum Gasteiger partial charge on any atom is -0.329 e. The summed E-state index contributed by atoms with van der Waals surface area (Å²) >= 11 is 0. The third kappa shape index (κ3) is 2.51. The fraction of sp³-hybridized carbons (Fsp3) is 0.267. The Kier molecular flexibility index (Phi) is 3.63. The maximum atomic E-state index is 5.91. The van der Waals surface area contributed by atoms with Crippen LogP contribution >= 0.6 is 0 Å². The molecule has 2 aromatic rings. The van der Waals surface area contributed by atoms with Crippen LogP contribution in [0.15, 0.2) is 42.6 Å².